The van der Waals surface area contributed by atoms with Gasteiger partial charge >= 0.3 is 0 Å². The highest BCUT2D eigenvalue weighted by molar-refractivity contribution is 7.89. The first-order valence-corrected chi connectivity index (χ1v) is 13.5. The van der Waals surface area contributed by atoms with E-state index in [0.717, 1.165) is 23.3 Å². The fraction of sp³-hybridized carbons (Fsp3) is 0.462. The molecule has 0 fully saturated rings. The summed E-state index contributed by atoms with van der Waals surface area (Å²) in [6.45, 7) is 9.92. The molecule has 184 valence electrons. The molecule has 0 aliphatic rings. The molecule has 0 bridgehead atoms. The van der Waals surface area contributed by atoms with Gasteiger partial charge in [0.2, 0.25) is 15.9 Å². The lowest BCUT2D eigenvalue weighted by Crippen LogP contribution is -2.30. The number of amides is 1. The molecule has 3 aromatic rings. The average molecular weight is 485 g/mol. The molecule has 1 amide bonds. The maximum Gasteiger partial charge on any atom is 0.243 e. The molecule has 3 rings (SSSR count). The van der Waals surface area contributed by atoms with Gasteiger partial charge in [0.25, 0.3) is 0 Å². The molecule has 8 heteroatoms. The van der Waals surface area contributed by atoms with Crippen LogP contribution in [0.15, 0.2) is 47.4 Å². The van der Waals surface area contributed by atoms with E-state index >= 15 is 0 Å². The summed E-state index contributed by atoms with van der Waals surface area (Å²) in [7, 11) is -1.73. The van der Waals surface area contributed by atoms with Crippen molar-refractivity contribution in [3.05, 3.63) is 59.4 Å². The van der Waals surface area contributed by atoms with Gasteiger partial charge in [-0.15, -0.1) is 0 Å². The minimum Gasteiger partial charge on any atom is -0.341 e. The van der Waals surface area contributed by atoms with Gasteiger partial charge in [0, 0.05) is 46.1 Å². The third kappa shape index (κ3) is 5.50. The number of nitrogens with zero attached hydrogens (tertiary/aromatic N) is 4. The van der Waals surface area contributed by atoms with E-state index in [0.29, 0.717) is 44.5 Å². The number of sulfonamides is 1. The molecular weight excluding hydrogens is 448 g/mol. The molecule has 0 saturated heterocycles. The van der Waals surface area contributed by atoms with Crippen molar-refractivity contribution in [2.75, 3.05) is 20.1 Å². The molecule has 1 aromatic heterocycles. The predicted molar refractivity (Wildman–Crippen MR) is 136 cm³/mol. The Kier molecular flexibility index (Phi) is 8.49. The van der Waals surface area contributed by atoms with Crippen LogP contribution < -0.4 is 0 Å². The van der Waals surface area contributed by atoms with Gasteiger partial charge in [-0.1, -0.05) is 45.0 Å². The van der Waals surface area contributed by atoms with Gasteiger partial charge in [0.05, 0.1) is 15.9 Å². The van der Waals surface area contributed by atoms with Crippen LogP contribution >= 0.6 is 0 Å². The predicted octanol–water partition coefficient (Wildman–Crippen LogP) is 4.24. The number of benzene rings is 2. The average Bonchev–Trinajstić information content (AvgIpc) is 3.20. The quantitative estimate of drug-likeness (QED) is 0.408. The van der Waals surface area contributed by atoms with Gasteiger partial charge in [-0.2, -0.15) is 4.31 Å². The fourth-order valence-corrected chi connectivity index (χ4v) is 5.71. The van der Waals surface area contributed by atoms with Crippen LogP contribution in [0.5, 0.6) is 0 Å². The Labute approximate surface area is 203 Å². The van der Waals surface area contributed by atoms with Crippen molar-refractivity contribution in [3.63, 3.8) is 0 Å². The molecule has 34 heavy (non-hydrogen) atoms. The van der Waals surface area contributed by atoms with Crippen molar-refractivity contribution < 1.29 is 13.2 Å². The third-order valence-corrected chi connectivity index (χ3v) is 8.34. The molecule has 0 N–H and O–H groups in total. The van der Waals surface area contributed by atoms with Crippen LogP contribution in [0.4, 0.5) is 0 Å². The van der Waals surface area contributed by atoms with E-state index < -0.39 is 10.0 Å². The zero-order valence-electron chi connectivity index (χ0n) is 20.9. The molecule has 7 nitrogen and oxygen atoms in total. The number of imidazole rings is 1. The number of aryl methyl sites for hydroxylation is 3. The summed E-state index contributed by atoms with van der Waals surface area (Å²) in [4.78, 5) is 19.5. The zero-order chi connectivity index (χ0) is 24.9. The molecular formula is C26H36N4O3S. The summed E-state index contributed by atoms with van der Waals surface area (Å²) in [5.41, 5.74) is 3.91. The minimum absolute atomic E-state index is 0.0547. The fourth-order valence-electron chi connectivity index (χ4n) is 4.23. The standard InChI is InChI=1S/C26H36N4O3S/c1-6-20-10-12-21(13-11-20)19-28(5)26(31)17-16-25-27-23-18-22(14-15-24(23)30(25)9-4)34(32,33)29(7-2)8-3/h10-15,18H,6-9,16-17,19H2,1-5H3. The van der Waals surface area contributed by atoms with Gasteiger partial charge in [-0.3, -0.25) is 4.79 Å². The van der Waals surface area contributed by atoms with Crippen LogP contribution in [0.1, 0.15) is 51.1 Å². The normalized spacial score (nSPS) is 11.9. The third-order valence-electron chi connectivity index (χ3n) is 6.30. The van der Waals surface area contributed by atoms with E-state index in [1.165, 1.54) is 9.87 Å². The number of fused-ring (bicyclic) bond motifs is 1. The summed E-state index contributed by atoms with van der Waals surface area (Å²) in [6, 6.07) is 13.5. The first-order chi connectivity index (χ1) is 16.2. The van der Waals surface area contributed by atoms with Crippen LogP contribution in [0.25, 0.3) is 11.0 Å². The Balaban J connectivity index is 1.75. The van der Waals surface area contributed by atoms with E-state index in [4.69, 9.17) is 4.98 Å². The van der Waals surface area contributed by atoms with Crippen molar-refractivity contribution in [2.45, 2.75) is 64.9 Å². The van der Waals surface area contributed by atoms with Crippen molar-refractivity contribution >= 4 is 27.0 Å². The number of hydrogen-bond acceptors (Lipinski definition) is 4. The molecule has 0 spiro atoms. The molecule has 0 saturated carbocycles. The maximum atomic E-state index is 12.9. The van der Waals surface area contributed by atoms with Crippen molar-refractivity contribution in [3.8, 4) is 0 Å². The monoisotopic (exact) mass is 484 g/mol. The van der Waals surface area contributed by atoms with Crippen LogP contribution in [0, 0.1) is 0 Å². The number of carbonyl (C=O) groups excluding carboxylic acids is 1. The molecule has 0 aliphatic heterocycles. The lowest BCUT2D eigenvalue weighted by molar-refractivity contribution is -0.130. The second kappa shape index (κ2) is 11.1. The van der Waals surface area contributed by atoms with Crippen molar-refractivity contribution in [1.82, 2.24) is 18.8 Å². The van der Waals surface area contributed by atoms with Gasteiger partial charge in [-0.05, 0) is 42.7 Å². The summed E-state index contributed by atoms with van der Waals surface area (Å²) in [5.74, 6) is 0.850. The molecule has 2 aromatic carbocycles. The maximum absolute atomic E-state index is 12.9. The van der Waals surface area contributed by atoms with Crippen molar-refractivity contribution in [1.29, 1.82) is 0 Å². The summed E-state index contributed by atoms with van der Waals surface area (Å²) < 4.78 is 29.3. The van der Waals surface area contributed by atoms with Crippen LogP contribution in [0.2, 0.25) is 0 Å². The SMILES string of the molecule is CCc1ccc(CN(C)C(=O)CCc2nc3cc(S(=O)(=O)N(CC)CC)ccc3n2CC)cc1. The molecule has 1 heterocycles. The summed E-state index contributed by atoms with van der Waals surface area (Å²) >= 11 is 0. The Morgan fingerprint density at radius 3 is 2.21 bits per heavy atom. The Morgan fingerprint density at radius 1 is 0.971 bits per heavy atom. The number of hydrogen-bond donors (Lipinski definition) is 0. The van der Waals surface area contributed by atoms with Gasteiger partial charge in [0.1, 0.15) is 5.82 Å². The zero-order valence-corrected chi connectivity index (χ0v) is 21.7. The second-order valence-electron chi connectivity index (χ2n) is 8.43. The van der Waals surface area contributed by atoms with E-state index in [1.54, 1.807) is 17.0 Å². The Morgan fingerprint density at radius 2 is 1.62 bits per heavy atom. The van der Waals surface area contributed by atoms with Crippen molar-refractivity contribution in [2.24, 2.45) is 0 Å². The molecule has 0 unspecified atom stereocenters. The van der Waals surface area contributed by atoms with E-state index in [9.17, 15) is 13.2 Å². The van der Waals surface area contributed by atoms with E-state index in [1.807, 2.05) is 33.9 Å². The topological polar surface area (TPSA) is 75.5 Å². The Bertz CT molecular complexity index is 1230. The lowest BCUT2D eigenvalue weighted by atomic mass is 10.1. The minimum atomic E-state index is -3.55. The number of carbonyl (C=O) groups is 1. The Hall–Kier alpha value is -2.71. The molecule has 0 aliphatic carbocycles. The highest BCUT2D eigenvalue weighted by Crippen LogP contribution is 2.24. The van der Waals surface area contributed by atoms with E-state index in [2.05, 4.69) is 35.8 Å². The summed E-state index contributed by atoms with van der Waals surface area (Å²) in [6.07, 6.45) is 1.84. The van der Waals surface area contributed by atoms with Gasteiger partial charge in [0.15, 0.2) is 0 Å². The number of rotatable bonds is 11. The largest absolute Gasteiger partial charge is 0.341 e. The first-order valence-electron chi connectivity index (χ1n) is 12.1. The van der Waals surface area contributed by atoms with Gasteiger partial charge in [-0.25, -0.2) is 13.4 Å². The van der Waals surface area contributed by atoms with Crippen LogP contribution in [0.3, 0.4) is 0 Å². The highest BCUT2D eigenvalue weighted by Gasteiger charge is 2.23. The highest BCUT2D eigenvalue weighted by atomic mass is 32.2. The second-order valence-corrected chi connectivity index (χ2v) is 10.4. The van der Waals surface area contributed by atoms with Crippen LogP contribution in [-0.4, -0.2) is 53.2 Å². The van der Waals surface area contributed by atoms with Crippen LogP contribution in [-0.2, 0) is 40.7 Å². The summed E-state index contributed by atoms with van der Waals surface area (Å²) in [5, 5.41) is 0. The lowest BCUT2D eigenvalue weighted by Gasteiger charge is -2.18. The number of aromatic nitrogens is 2. The first kappa shape index (κ1) is 25.9. The van der Waals surface area contributed by atoms with Gasteiger partial charge < -0.3 is 9.47 Å². The molecule has 0 radical (unpaired) electrons. The van der Waals surface area contributed by atoms with E-state index in [-0.39, 0.29) is 10.8 Å². The molecule has 0 atom stereocenters. The smallest absolute Gasteiger partial charge is 0.243 e.